The Morgan fingerprint density at radius 3 is 1.36 bits per heavy atom. The fourth-order valence-electron chi connectivity index (χ4n) is 8.46. The van der Waals surface area contributed by atoms with Crippen LogP contribution in [0.4, 0.5) is 0 Å². The van der Waals surface area contributed by atoms with Crippen LogP contribution >= 0.6 is 11.8 Å². The molecule has 16 heteroatoms. The maximum absolute atomic E-state index is 14.3. The van der Waals surface area contributed by atoms with E-state index < -0.39 is 103 Å². The third-order valence-corrected chi connectivity index (χ3v) is 13.0. The largest absolute Gasteiger partial charge is 0.459 e. The summed E-state index contributed by atoms with van der Waals surface area (Å²) in [6, 6.07) is 50.2. The third kappa shape index (κ3) is 11.9. The predicted octanol–water partition coefficient (Wildman–Crippen LogP) is 8.45. The van der Waals surface area contributed by atoms with E-state index in [2.05, 4.69) is 0 Å². The SMILES string of the molecule is CCS[C@H]1O[C@H](COC(=O)c2ccccc2)[C@@H](O[C@H]2O[C@H]3COC(c4ccccc4)O[C@H]3C(OC(=O)c3ccccc3)C2OC(=O)c2ccccc2)C(OC(=O)c2ccccc2)C1OC(=O)c1ccccc1. The van der Waals surface area contributed by atoms with Gasteiger partial charge in [-0.05, 0) is 66.4 Å². The molecule has 0 spiro atoms. The minimum absolute atomic E-state index is 0.124. The van der Waals surface area contributed by atoms with E-state index in [1.165, 1.54) is 11.8 Å². The lowest BCUT2D eigenvalue weighted by molar-refractivity contribution is -0.375. The van der Waals surface area contributed by atoms with Crippen LogP contribution in [0.25, 0.3) is 0 Å². The molecular formula is C56H50O15S. The minimum Gasteiger partial charge on any atom is -0.459 e. The standard InChI is InChI=1S/C56H50O15S/c1-2-72-56-48(69-53(61)39-29-17-7-18-30-39)46(67-51(59)37-25-13-5-14-26-37)44(42(65-56)33-62-49(57)35-21-9-3-10-22-35)71-55-47(68-52(60)38-27-15-6-16-28-38)45(66-50(58)36-23-11-4-12-24-36)43-41(64-55)34-63-54(70-43)40-31-19-8-20-32-40/h3-32,41-48,54-56H,2,33-34H2,1H3/t41-,42+,43+,44+,45?,46?,47?,48?,54?,55+,56+/m0/s1. The lowest BCUT2D eigenvalue weighted by atomic mass is 9.95. The number of ether oxygens (including phenoxy) is 10. The van der Waals surface area contributed by atoms with Crippen LogP contribution in [-0.4, -0.2) is 109 Å². The van der Waals surface area contributed by atoms with Gasteiger partial charge in [0.25, 0.3) is 0 Å². The molecule has 6 aromatic rings. The first kappa shape index (κ1) is 49.8. The molecule has 5 unspecified atom stereocenters. The molecule has 72 heavy (non-hydrogen) atoms. The molecule has 0 saturated carbocycles. The zero-order valence-electron chi connectivity index (χ0n) is 38.8. The molecule has 0 N–H and O–H groups in total. The highest BCUT2D eigenvalue weighted by atomic mass is 32.2. The highest BCUT2D eigenvalue weighted by Gasteiger charge is 2.58. The number of carbonyl (C=O) groups is 5. The topological polar surface area (TPSA) is 178 Å². The van der Waals surface area contributed by atoms with E-state index in [0.717, 1.165) is 0 Å². The van der Waals surface area contributed by atoms with E-state index in [0.29, 0.717) is 11.3 Å². The van der Waals surface area contributed by atoms with E-state index in [9.17, 15) is 24.0 Å². The van der Waals surface area contributed by atoms with Crippen molar-refractivity contribution in [3.05, 3.63) is 215 Å². The average molecular weight is 995 g/mol. The van der Waals surface area contributed by atoms with Gasteiger partial charge in [0.1, 0.15) is 36.5 Å². The Kier molecular flexibility index (Phi) is 16.5. The van der Waals surface area contributed by atoms with Crippen molar-refractivity contribution in [1.82, 2.24) is 0 Å². The molecule has 0 bridgehead atoms. The first-order valence-electron chi connectivity index (χ1n) is 23.4. The Balaban J connectivity index is 1.15. The van der Waals surface area contributed by atoms with E-state index in [4.69, 9.17) is 47.4 Å². The first-order valence-corrected chi connectivity index (χ1v) is 24.4. The third-order valence-electron chi connectivity index (χ3n) is 12.0. The summed E-state index contributed by atoms with van der Waals surface area (Å²) >= 11 is 1.25. The van der Waals surface area contributed by atoms with Gasteiger partial charge in [0.2, 0.25) is 0 Å². The van der Waals surface area contributed by atoms with Gasteiger partial charge in [0.05, 0.1) is 34.4 Å². The molecule has 3 fully saturated rings. The van der Waals surface area contributed by atoms with Crippen LogP contribution in [0.3, 0.4) is 0 Å². The van der Waals surface area contributed by atoms with E-state index in [1.807, 2.05) is 37.3 Å². The molecular weight excluding hydrogens is 945 g/mol. The van der Waals surface area contributed by atoms with Gasteiger partial charge < -0.3 is 47.4 Å². The fraction of sp³-hybridized carbons (Fsp3) is 0.268. The van der Waals surface area contributed by atoms with Crippen molar-refractivity contribution in [2.24, 2.45) is 0 Å². The monoisotopic (exact) mass is 994 g/mol. The van der Waals surface area contributed by atoms with Gasteiger partial charge in [0.15, 0.2) is 37.0 Å². The molecule has 0 radical (unpaired) electrons. The van der Waals surface area contributed by atoms with Crippen LogP contribution in [-0.2, 0) is 47.4 Å². The Bertz CT molecular complexity index is 2740. The summed E-state index contributed by atoms with van der Waals surface area (Å²) < 4.78 is 64.6. The highest BCUT2D eigenvalue weighted by Crippen LogP contribution is 2.41. The number of hydrogen-bond acceptors (Lipinski definition) is 16. The zero-order chi connectivity index (χ0) is 49.8. The van der Waals surface area contributed by atoms with Gasteiger partial charge >= 0.3 is 29.8 Å². The summed E-state index contributed by atoms with van der Waals surface area (Å²) in [7, 11) is 0. The summed E-state index contributed by atoms with van der Waals surface area (Å²) in [6.07, 6.45) is -13.7. The second-order valence-corrected chi connectivity index (χ2v) is 18.1. The normalized spacial score (nSPS) is 25.7. The van der Waals surface area contributed by atoms with Crippen LogP contribution in [0, 0.1) is 0 Å². The average Bonchev–Trinajstić information content (AvgIpc) is 3.43. The van der Waals surface area contributed by atoms with Crippen molar-refractivity contribution in [1.29, 1.82) is 0 Å². The lowest BCUT2D eigenvalue weighted by Gasteiger charge is -2.50. The van der Waals surface area contributed by atoms with Crippen molar-refractivity contribution in [2.75, 3.05) is 19.0 Å². The molecule has 6 aromatic carbocycles. The van der Waals surface area contributed by atoms with E-state index in [-0.39, 0.29) is 34.4 Å². The molecule has 3 heterocycles. The molecule has 3 aliphatic heterocycles. The van der Waals surface area contributed by atoms with Crippen LogP contribution in [0.5, 0.6) is 0 Å². The molecule has 9 rings (SSSR count). The molecule has 3 aliphatic rings. The fourth-order valence-corrected chi connectivity index (χ4v) is 9.41. The molecule has 11 atom stereocenters. The van der Waals surface area contributed by atoms with Crippen molar-refractivity contribution in [2.45, 2.75) is 73.8 Å². The number of thioether (sulfide) groups is 1. The molecule has 15 nitrogen and oxygen atoms in total. The number of fused-ring (bicyclic) bond motifs is 1. The first-order chi connectivity index (χ1) is 35.2. The molecule has 370 valence electrons. The van der Waals surface area contributed by atoms with Crippen molar-refractivity contribution in [3.63, 3.8) is 0 Å². The summed E-state index contributed by atoms with van der Waals surface area (Å²) in [5, 5.41) is 0. The van der Waals surface area contributed by atoms with E-state index in [1.54, 1.807) is 152 Å². The number of carbonyl (C=O) groups excluding carboxylic acids is 5. The van der Waals surface area contributed by atoms with Crippen LogP contribution in [0.1, 0.15) is 70.6 Å². The highest BCUT2D eigenvalue weighted by molar-refractivity contribution is 7.99. The van der Waals surface area contributed by atoms with Gasteiger partial charge in [0, 0.05) is 5.56 Å². The van der Waals surface area contributed by atoms with Crippen molar-refractivity contribution >= 4 is 41.6 Å². The Labute approximate surface area is 419 Å². The number of hydrogen-bond donors (Lipinski definition) is 0. The van der Waals surface area contributed by atoms with Gasteiger partial charge in [-0.3, -0.25) is 0 Å². The van der Waals surface area contributed by atoms with Crippen LogP contribution in [0.2, 0.25) is 0 Å². The Hall–Kier alpha value is -7.18. The van der Waals surface area contributed by atoms with Gasteiger partial charge in [-0.2, -0.15) is 0 Å². The number of benzene rings is 6. The second-order valence-electron chi connectivity index (χ2n) is 16.7. The number of esters is 5. The number of rotatable bonds is 16. The smallest absolute Gasteiger partial charge is 0.338 e. The summed E-state index contributed by atoms with van der Waals surface area (Å²) in [5.41, 5.74) is 0.568. The van der Waals surface area contributed by atoms with Gasteiger partial charge in [-0.15, -0.1) is 11.8 Å². The summed E-state index contributed by atoms with van der Waals surface area (Å²) in [4.78, 5) is 70.6. The van der Waals surface area contributed by atoms with Gasteiger partial charge in [-0.25, -0.2) is 24.0 Å². The molecule has 3 saturated heterocycles. The second kappa shape index (κ2) is 23.8. The molecule has 0 aromatic heterocycles. The van der Waals surface area contributed by atoms with Crippen molar-refractivity contribution in [3.8, 4) is 0 Å². The summed E-state index contributed by atoms with van der Waals surface area (Å²) in [5.74, 6) is -3.45. The summed E-state index contributed by atoms with van der Waals surface area (Å²) in [6.45, 7) is 1.26. The zero-order valence-corrected chi connectivity index (χ0v) is 39.6. The quantitative estimate of drug-likeness (QED) is 0.0666. The Morgan fingerprint density at radius 2 is 0.889 bits per heavy atom. The van der Waals surface area contributed by atoms with E-state index >= 15 is 0 Å². The van der Waals surface area contributed by atoms with Crippen molar-refractivity contribution < 1.29 is 71.3 Å². The van der Waals surface area contributed by atoms with Crippen LogP contribution < -0.4 is 0 Å². The Morgan fingerprint density at radius 1 is 0.472 bits per heavy atom. The molecule has 0 amide bonds. The maximum atomic E-state index is 14.3. The van der Waals surface area contributed by atoms with Crippen LogP contribution in [0.15, 0.2) is 182 Å². The molecule has 0 aliphatic carbocycles. The predicted molar refractivity (Wildman–Crippen MR) is 260 cm³/mol. The minimum atomic E-state index is -1.70. The maximum Gasteiger partial charge on any atom is 0.338 e. The lowest BCUT2D eigenvalue weighted by Crippen LogP contribution is -2.67. The van der Waals surface area contributed by atoms with Gasteiger partial charge in [-0.1, -0.05) is 128 Å².